The number of hydroxylamine groups is 1. The third-order valence-electron chi connectivity index (χ3n) is 2.35. The number of benzene rings is 1. The van der Waals surface area contributed by atoms with Crippen LogP contribution < -0.4 is 20.7 Å². The van der Waals surface area contributed by atoms with E-state index in [-0.39, 0.29) is 18.6 Å². The van der Waals surface area contributed by atoms with Crippen LogP contribution in [0.5, 0.6) is 11.5 Å². The van der Waals surface area contributed by atoms with Gasteiger partial charge in [-0.25, -0.2) is 5.48 Å². The van der Waals surface area contributed by atoms with Gasteiger partial charge < -0.3 is 15.2 Å². The Morgan fingerprint density at radius 1 is 1.35 bits per heavy atom. The monoisotopic (exact) mass is 280 g/mol. The molecule has 6 heteroatoms. The maximum atomic E-state index is 11.5. The standard InChI is InChI=1S/C14H20N2O4/c1-10(15)9-20-16-14(17)7-5-11-4-6-12(18-2)13(8-11)19-3/h4-8,10H,9,15H2,1-3H3,(H,16,17)/b7-5+. The predicted molar refractivity (Wildman–Crippen MR) is 76.3 cm³/mol. The van der Waals surface area contributed by atoms with Crippen LogP contribution >= 0.6 is 0 Å². The second-order valence-electron chi connectivity index (χ2n) is 4.20. The third kappa shape index (κ3) is 5.29. The van der Waals surface area contributed by atoms with Crippen molar-refractivity contribution in [3.8, 4) is 11.5 Å². The Labute approximate surface area is 118 Å². The molecule has 0 saturated heterocycles. The van der Waals surface area contributed by atoms with Crippen LogP contribution in [-0.4, -0.2) is 32.8 Å². The number of ether oxygens (including phenoxy) is 2. The van der Waals surface area contributed by atoms with E-state index in [1.807, 2.05) is 6.07 Å². The van der Waals surface area contributed by atoms with E-state index in [4.69, 9.17) is 20.0 Å². The minimum Gasteiger partial charge on any atom is -0.493 e. The minimum atomic E-state index is -0.361. The van der Waals surface area contributed by atoms with Crippen molar-refractivity contribution in [2.45, 2.75) is 13.0 Å². The molecule has 110 valence electrons. The molecule has 0 heterocycles. The molecule has 0 aliphatic heterocycles. The molecule has 20 heavy (non-hydrogen) atoms. The van der Waals surface area contributed by atoms with E-state index in [9.17, 15) is 4.79 Å². The van der Waals surface area contributed by atoms with Gasteiger partial charge in [0.05, 0.1) is 20.8 Å². The van der Waals surface area contributed by atoms with Gasteiger partial charge in [-0.3, -0.25) is 9.63 Å². The van der Waals surface area contributed by atoms with E-state index >= 15 is 0 Å². The summed E-state index contributed by atoms with van der Waals surface area (Å²) in [6, 6.07) is 5.22. The Morgan fingerprint density at radius 2 is 2.05 bits per heavy atom. The van der Waals surface area contributed by atoms with Crippen molar-refractivity contribution < 1.29 is 19.1 Å². The molecular formula is C14H20N2O4. The SMILES string of the molecule is COc1ccc(/C=C/C(=O)NOCC(C)N)cc1OC. The smallest absolute Gasteiger partial charge is 0.267 e. The average molecular weight is 280 g/mol. The summed E-state index contributed by atoms with van der Waals surface area (Å²) >= 11 is 0. The second kappa shape index (κ2) is 8.19. The number of nitrogens with two attached hydrogens (primary N) is 1. The topological polar surface area (TPSA) is 82.8 Å². The van der Waals surface area contributed by atoms with Crippen molar-refractivity contribution in [2.75, 3.05) is 20.8 Å². The van der Waals surface area contributed by atoms with Crippen LogP contribution in [0.3, 0.4) is 0 Å². The molecule has 0 aromatic heterocycles. The maximum Gasteiger partial charge on any atom is 0.267 e. The molecular weight excluding hydrogens is 260 g/mol. The third-order valence-corrected chi connectivity index (χ3v) is 2.35. The quantitative estimate of drug-likeness (QED) is 0.577. The van der Waals surface area contributed by atoms with Gasteiger partial charge >= 0.3 is 0 Å². The largest absolute Gasteiger partial charge is 0.493 e. The van der Waals surface area contributed by atoms with Crippen molar-refractivity contribution in [3.63, 3.8) is 0 Å². The van der Waals surface area contributed by atoms with Crippen molar-refractivity contribution in [2.24, 2.45) is 5.73 Å². The number of carbonyl (C=O) groups is 1. The van der Waals surface area contributed by atoms with Crippen LogP contribution in [-0.2, 0) is 9.63 Å². The zero-order chi connectivity index (χ0) is 15.0. The molecule has 0 saturated carbocycles. The molecule has 0 aliphatic rings. The van der Waals surface area contributed by atoms with Gasteiger partial charge in [0.15, 0.2) is 11.5 Å². The lowest BCUT2D eigenvalue weighted by molar-refractivity contribution is -0.128. The number of rotatable bonds is 7. The van der Waals surface area contributed by atoms with E-state index in [0.29, 0.717) is 11.5 Å². The molecule has 1 rings (SSSR count). The van der Waals surface area contributed by atoms with E-state index < -0.39 is 0 Å². The summed E-state index contributed by atoms with van der Waals surface area (Å²) in [6.45, 7) is 2.04. The van der Waals surface area contributed by atoms with Gasteiger partial charge in [0.1, 0.15) is 0 Å². The summed E-state index contributed by atoms with van der Waals surface area (Å²) in [5, 5.41) is 0. The maximum absolute atomic E-state index is 11.5. The number of hydrogen-bond donors (Lipinski definition) is 2. The molecule has 3 N–H and O–H groups in total. The number of amides is 1. The molecule has 1 atom stereocenters. The number of hydrogen-bond acceptors (Lipinski definition) is 5. The fourth-order valence-electron chi connectivity index (χ4n) is 1.41. The summed E-state index contributed by atoms with van der Waals surface area (Å²) in [7, 11) is 3.12. The van der Waals surface area contributed by atoms with Gasteiger partial charge in [-0.1, -0.05) is 6.07 Å². The zero-order valence-electron chi connectivity index (χ0n) is 11.9. The van der Waals surface area contributed by atoms with Gasteiger partial charge in [0.2, 0.25) is 0 Å². The van der Waals surface area contributed by atoms with Gasteiger partial charge in [0, 0.05) is 12.1 Å². The summed E-state index contributed by atoms with van der Waals surface area (Å²) in [5.41, 5.74) is 8.57. The molecule has 0 spiro atoms. The van der Waals surface area contributed by atoms with Crippen LogP contribution in [0.15, 0.2) is 24.3 Å². The fourth-order valence-corrected chi connectivity index (χ4v) is 1.41. The summed E-state index contributed by atoms with van der Waals surface area (Å²) in [5.74, 6) is 0.873. The first-order valence-corrected chi connectivity index (χ1v) is 6.14. The Bertz CT molecular complexity index is 472. The highest BCUT2D eigenvalue weighted by Crippen LogP contribution is 2.27. The predicted octanol–water partition coefficient (Wildman–Crippen LogP) is 1.11. The summed E-state index contributed by atoms with van der Waals surface area (Å²) in [4.78, 5) is 16.4. The molecule has 1 aromatic rings. The number of carbonyl (C=O) groups excluding carboxylic acids is 1. The van der Waals surface area contributed by atoms with Gasteiger partial charge in [-0.05, 0) is 30.7 Å². The Morgan fingerprint density at radius 3 is 2.65 bits per heavy atom. The molecule has 0 fully saturated rings. The molecule has 1 aromatic carbocycles. The first-order chi connectivity index (χ1) is 9.56. The van der Waals surface area contributed by atoms with Crippen molar-refractivity contribution >= 4 is 12.0 Å². The molecule has 0 aliphatic carbocycles. The lowest BCUT2D eigenvalue weighted by Gasteiger charge is -2.08. The Hall–Kier alpha value is -2.05. The Balaban J connectivity index is 2.59. The van der Waals surface area contributed by atoms with Gasteiger partial charge in [-0.15, -0.1) is 0 Å². The van der Waals surface area contributed by atoms with Crippen molar-refractivity contribution in [1.29, 1.82) is 0 Å². The molecule has 1 unspecified atom stereocenters. The van der Waals surface area contributed by atoms with Gasteiger partial charge in [0.25, 0.3) is 5.91 Å². The van der Waals surface area contributed by atoms with Crippen LogP contribution in [0.1, 0.15) is 12.5 Å². The Kier molecular flexibility index (Phi) is 6.55. The fraction of sp³-hybridized carbons (Fsp3) is 0.357. The van der Waals surface area contributed by atoms with E-state index in [2.05, 4.69) is 5.48 Å². The lowest BCUT2D eigenvalue weighted by atomic mass is 10.2. The first-order valence-electron chi connectivity index (χ1n) is 6.14. The minimum absolute atomic E-state index is 0.134. The highest BCUT2D eigenvalue weighted by molar-refractivity contribution is 5.91. The van der Waals surface area contributed by atoms with Gasteiger partial charge in [-0.2, -0.15) is 0 Å². The molecule has 0 bridgehead atoms. The van der Waals surface area contributed by atoms with Crippen LogP contribution in [0, 0.1) is 0 Å². The number of nitrogens with one attached hydrogen (secondary N) is 1. The zero-order valence-corrected chi connectivity index (χ0v) is 11.9. The van der Waals surface area contributed by atoms with E-state index in [0.717, 1.165) is 5.56 Å². The van der Waals surface area contributed by atoms with Crippen molar-refractivity contribution in [1.82, 2.24) is 5.48 Å². The second-order valence-corrected chi connectivity index (χ2v) is 4.20. The van der Waals surface area contributed by atoms with E-state index in [1.54, 1.807) is 39.4 Å². The molecule has 0 radical (unpaired) electrons. The average Bonchev–Trinajstić information content (AvgIpc) is 2.44. The van der Waals surface area contributed by atoms with Crippen LogP contribution in [0.4, 0.5) is 0 Å². The first kappa shape index (κ1) is 16.0. The van der Waals surface area contributed by atoms with Crippen LogP contribution in [0.2, 0.25) is 0 Å². The highest BCUT2D eigenvalue weighted by atomic mass is 16.7. The number of methoxy groups -OCH3 is 2. The summed E-state index contributed by atoms with van der Waals surface area (Å²) in [6.07, 6.45) is 3.01. The van der Waals surface area contributed by atoms with E-state index in [1.165, 1.54) is 6.08 Å². The normalized spacial score (nSPS) is 12.2. The lowest BCUT2D eigenvalue weighted by Crippen LogP contribution is -2.29. The molecule has 6 nitrogen and oxygen atoms in total. The van der Waals surface area contributed by atoms with Crippen molar-refractivity contribution in [3.05, 3.63) is 29.8 Å². The summed E-state index contributed by atoms with van der Waals surface area (Å²) < 4.78 is 10.3. The van der Waals surface area contributed by atoms with Crippen LogP contribution in [0.25, 0.3) is 6.08 Å². The molecule has 1 amide bonds. The highest BCUT2D eigenvalue weighted by Gasteiger charge is 2.03.